The quantitative estimate of drug-likeness (QED) is 0.636. The topological polar surface area (TPSA) is 18.5 Å². The molecule has 0 amide bonds. The summed E-state index contributed by atoms with van der Waals surface area (Å²) in [5.74, 6) is -0.542. The Balaban J connectivity index is 1.57. The first-order valence-electron chi connectivity index (χ1n) is 9.32. The number of hydrogen-bond acceptors (Lipinski definition) is 2. The highest BCUT2D eigenvalue weighted by atomic mass is 16.7. The second-order valence-corrected chi connectivity index (χ2v) is 7.31. The van der Waals surface area contributed by atoms with Crippen LogP contribution in [0.25, 0.3) is 0 Å². The maximum Gasteiger partial charge on any atom is 0.174 e. The summed E-state index contributed by atoms with van der Waals surface area (Å²) >= 11 is 0. The van der Waals surface area contributed by atoms with E-state index in [4.69, 9.17) is 9.47 Å². The summed E-state index contributed by atoms with van der Waals surface area (Å²) in [6.07, 6.45) is 2.62. The van der Waals surface area contributed by atoms with Crippen molar-refractivity contribution in [2.45, 2.75) is 37.3 Å². The van der Waals surface area contributed by atoms with Gasteiger partial charge in [-0.1, -0.05) is 84.9 Å². The predicted octanol–water partition coefficient (Wildman–Crippen LogP) is 5.21. The highest BCUT2D eigenvalue weighted by Gasteiger charge is 2.53. The minimum Gasteiger partial charge on any atom is -0.345 e. The molecule has 2 aliphatic heterocycles. The fraction of sp³-hybridized carbons (Fsp3) is 0.250. The van der Waals surface area contributed by atoms with E-state index in [0.29, 0.717) is 6.61 Å². The van der Waals surface area contributed by atoms with E-state index in [1.54, 1.807) is 0 Å². The third kappa shape index (κ3) is 2.49. The molecule has 0 radical (unpaired) electrons. The largest absolute Gasteiger partial charge is 0.345 e. The van der Waals surface area contributed by atoms with Crippen LogP contribution >= 0.6 is 0 Å². The molecule has 0 aliphatic carbocycles. The summed E-state index contributed by atoms with van der Waals surface area (Å²) in [7, 11) is 0. The van der Waals surface area contributed by atoms with Gasteiger partial charge in [0.15, 0.2) is 5.79 Å². The number of benzene rings is 3. The first-order valence-corrected chi connectivity index (χ1v) is 9.32. The third-order valence-electron chi connectivity index (χ3n) is 5.77. The molecule has 0 saturated carbocycles. The molecule has 2 heterocycles. The molecule has 0 N–H and O–H groups in total. The molecular formula is C24H22O2. The third-order valence-corrected chi connectivity index (χ3v) is 5.77. The summed E-state index contributed by atoms with van der Waals surface area (Å²) in [5.41, 5.74) is 4.57. The SMILES string of the molecule is c1ccc(C2(c3ccccc3)CC[C@@]3(Cc4ccccc4CO3)O2)cc1. The van der Waals surface area contributed by atoms with E-state index in [9.17, 15) is 0 Å². The van der Waals surface area contributed by atoms with E-state index >= 15 is 0 Å². The van der Waals surface area contributed by atoms with Gasteiger partial charge >= 0.3 is 0 Å². The molecule has 26 heavy (non-hydrogen) atoms. The van der Waals surface area contributed by atoms with Crippen molar-refractivity contribution in [2.24, 2.45) is 0 Å². The van der Waals surface area contributed by atoms with Gasteiger partial charge < -0.3 is 9.47 Å². The number of rotatable bonds is 2. The van der Waals surface area contributed by atoms with Gasteiger partial charge in [-0.3, -0.25) is 0 Å². The van der Waals surface area contributed by atoms with Gasteiger partial charge in [-0.05, 0) is 28.7 Å². The van der Waals surface area contributed by atoms with Crippen LogP contribution in [0.5, 0.6) is 0 Å². The zero-order chi connectivity index (χ0) is 17.5. The van der Waals surface area contributed by atoms with Crippen molar-refractivity contribution in [3.8, 4) is 0 Å². The maximum atomic E-state index is 6.88. The molecule has 0 bridgehead atoms. The van der Waals surface area contributed by atoms with Crippen molar-refractivity contribution in [3.63, 3.8) is 0 Å². The van der Waals surface area contributed by atoms with Crippen LogP contribution in [0, 0.1) is 0 Å². The summed E-state index contributed by atoms with van der Waals surface area (Å²) < 4.78 is 13.2. The second kappa shape index (κ2) is 6.08. The van der Waals surface area contributed by atoms with Gasteiger partial charge in [-0.2, -0.15) is 0 Å². The minimum atomic E-state index is -0.542. The van der Waals surface area contributed by atoms with E-state index in [0.717, 1.165) is 19.3 Å². The smallest absolute Gasteiger partial charge is 0.174 e. The summed E-state index contributed by atoms with van der Waals surface area (Å²) in [6.45, 7) is 0.621. The standard InChI is InChI=1S/C24H22O2/c1-3-11-21(12-4-1)24(22-13-5-2-6-14-22)16-15-23(26-24)17-19-9-7-8-10-20(19)18-25-23/h1-14H,15-18H2/t23-/m0/s1. The van der Waals surface area contributed by atoms with E-state index in [1.807, 2.05) is 0 Å². The van der Waals surface area contributed by atoms with E-state index in [-0.39, 0.29) is 0 Å². The molecule has 5 rings (SSSR count). The molecule has 3 aromatic carbocycles. The molecule has 2 aliphatic rings. The summed E-state index contributed by atoms with van der Waals surface area (Å²) in [6, 6.07) is 29.7. The molecule has 3 aromatic rings. The second-order valence-electron chi connectivity index (χ2n) is 7.31. The van der Waals surface area contributed by atoms with Crippen LogP contribution in [-0.4, -0.2) is 5.79 Å². The van der Waals surface area contributed by atoms with Gasteiger partial charge in [0.25, 0.3) is 0 Å². The molecule has 2 nitrogen and oxygen atoms in total. The highest BCUT2D eigenvalue weighted by molar-refractivity contribution is 5.39. The molecule has 0 unspecified atom stereocenters. The lowest BCUT2D eigenvalue weighted by Gasteiger charge is -2.38. The Kier molecular flexibility index (Phi) is 3.70. The summed E-state index contributed by atoms with van der Waals surface area (Å²) in [4.78, 5) is 0. The molecule has 1 atom stereocenters. The number of ether oxygens (including phenoxy) is 2. The van der Waals surface area contributed by atoms with Crippen LogP contribution in [0.1, 0.15) is 35.1 Å². The average Bonchev–Trinajstić information content (AvgIpc) is 3.09. The van der Waals surface area contributed by atoms with Crippen LogP contribution in [0.15, 0.2) is 84.9 Å². The zero-order valence-electron chi connectivity index (χ0n) is 14.7. The fourth-order valence-electron chi connectivity index (χ4n) is 4.42. The average molecular weight is 342 g/mol. The van der Waals surface area contributed by atoms with Crippen molar-refractivity contribution < 1.29 is 9.47 Å². The summed E-state index contributed by atoms with van der Waals surface area (Å²) in [5, 5.41) is 0. The number of fused-ring (bicyclic) bond motifs is 1. The van der Waals surface area contributed by atoms with Gasteiger partial charge in [0.2, 0.25) is 0 Å². The van der Waals surface area contributed by atoms with Crippen LogP contribution in [0.3, 0.4) is 0 Å². The first-order chi connectivity index (χ1) is 12.8. The van der Waals surface area contributed by atoms with E-state index < -0.39 is 11.4 Å². The van der Waals surface area contributed by atoms with Crippen LogP contribution in [0.4, 0.5) is 0 Å². The molecule has 1 fully saturated rings. The van der Waals surface area contributed by atoms with Gasteiger partial charge in [0.1, 0.15) is 5.60 Å². The lowest BCUT2D eigenvalue weighted by Crippen LogP contribution is -2.41. The lowest BCUT2D eigenvalue weighted by atomic mass is 9.83. The Morgan fingerprint density at radius 1 is 0.615 bits per heavy atom. The van der Waals surface area contributed by atoms with Gasteiger partial charge in [0, 0.05) is 12.8 Å². The maximum absolute atomic E-state index is 6.88. The first kappa shape index (κ1) is 15.8. The van der Waals surface area contributed by atoms with E-state index in [1.165, 1.54) is 22.3 Å². The van der Waals surface area contributed by atoms with Gasteiger partial charge in [-0.25, -0.2) is 0 Å². The van der Waals surface area contributed by atoms with Gasteiger partial charge in [-0.15, -0.1) is 0 Å². The van der Waals surface area contributed by atoms with Crippen LogP contribution < -0.4 is 0 Å². The van der Waals surface area contributed by atoms with Gasteiger partial charge in [0.05, 0.1) is 6.61 Å². The Labute approximate surface area is 154 Å². The molecule has 1 spiro atoms. The Hall–Kier alpha value is -2.42. The highest BCUT2D eigenvalue weighted by Crippen LogP contribution is 2.51. The van der Waals surface area contributed by atoms with Crippen LogP contribution in [-0.2, 0) is 28.1 Å². The van der Waals surface area contributed by atoms with Crippen molar-refractivity contribution in [1.29, 1.82) is 0 Å². The zero-order valence-corrected chi connectivity index (χ0v) is 14.7. The van der Waals surface area contributed by atoms with E-state index in [2.05, 4.69) is 84.9 Å². The van der Waals surface area contributed by atoms with Crippen molar-refractivity contribution >= 4 is 0 Å². The monoisotopic (exact) mass is 342 g/mol. The Bertz CT molecular complexity index is 864. The number of hydrogen-bond donors (Lipinski definition) is 0. The molecular weight excluding hydrogens is 320 g/mol. The molecule has 130 valence electrons. The normalized spacial score (nSPS) is 23.7. The van der Waals surface area contributed by atoms with Crippen molar-refractivity contribution in [2.75, 3.05) is 0 Å². The fourth-order valence-corrected chi connectivity index (χ4v) is 4.42. The molecule has 0 aromatic heterocycles. The van der Waals surface area contributed by atoms with Crippen molar-refractivity contribution in [1.82, 2.24) is 0 Å². The Morgan fingerprint density at radius 2 is 1.19 bits per heavy atom. The van der Waals surface area contributed by atoms with Crippen molar-refractivity contribution in [3.05, 3.63) is 107 Å². The predicted molar refractivity (Wildman–Crippen MR) is 102 cm³/mol. The molecule has 2 heteroatoms. The lowest BCUT2D eigenvalue weighted by molar-refractivity contribution is -0.257. The Morgan fingerprint density at radius 3 is 1.85 bits per heavy atom. The van der Waals surface area contributed by atoms with Crippen LogP contribution in [0.2, 0.25) is 0 Å². The molecule has 1 saturated heterocycles. The minimum absolute atomic E-state index is 0.450.